The minimum atomic E-state index is -0.505. The lowest BCUT2D eigenvalue weighted by atomic mass is 9.88. The molecular weight excluding hydrogens is 276 g/mol. The summed E-state index contributed by atoms with van der Waals surface area (Å²) in [5, 5.41) is 14.8. The van der Waals surface area contributed by atoms with Crippen molar-refractivity contribution in [1.29, 1.82) is 0 Å². The summed E-state index contributed by atoms with van der Waals surface area (Å²) >= 11 is 1.15. The lowest BCUT2D eigenvalue weighted by Gasteiger charge is -2.29. The van der Waals surface area contributed by atoms with Crippen molar-refractivity contribution in [2.45, 2.75) is 51.4 Å². The van der Waals surface area contributed by atoms with Crippen LogP contribution in [0, 0.1) is 5.92 Å². The van der Waals surface area contributed by atoms with Crippen LogP contribution in [0.2, 0.25) is 0 Å². The Hall–Kier alpha value is -0.690. The van der Waals surface area contributed by atoms with E-state index >= 15 is 0 Å². The van der Waals surface area contributed by atoms with Gasteiger partial charge in [0.1, 0.15) is 0 Å². The largest absolute Gasteiger partial charge is 0.389 e. The summed E-state index contributed by atoms with van der Waals surface area (Å²) in [6.45, 7) is 3.64. The molecule has 1 aliphatic carbocycles. The van der Waals surface area contributed by atoms with Crippen LogP contribution in [0.25, 0.3) is 0 Å². The maximum absolute atomic E-state index is 11.0. The molecule has 0 aromatic carbocycles. The van der Waals surface area contributed by atoms with Gasteiger partial charge in [-0.2, -0.15) is 0 Å². The van der Waals surface area contributed by atoms with E-state index in [1.165, 1.54) is 19.3 Å². The first-order valence-corrected chi connectivity index (χ1v) is 8.20. The summed E-state index contributed by atoms with van der Waals surface area (Å²) in [5.74, 6) is 0.597. The normalized spacial score (nSPS) is 24.7. The van der Waals surface area contributed by atoms with Crippen molar-refractivity contribution in [2.24, 2.45) is 5.92 Å². The van der Waals surface area contributed by atoms with Crippen molar-refractivity contribution in [2.75, 3.05) is 13.2 Å². The van der Waals surface area contributed by atoms with Crippen LogP contribution in [-0.4, -0.2) is 35.5 Å². The van der Waals surface area contributed by atoms with Gasteiger partial charge in [0.05, 0.1) is 18.8 Å². The van der Waals surface area contributed by atoms with Gasteiger partial charge in [0, 0.05) is 24.2 Å². The molecule has 0 radical (unpaired) electrons. The van der Waals surface area contributed by atoms with E-state index in [0.29, 0.717) is 31.7 Å². The van der Waals surface area contributed by atoms with E-state index in [0.717, 1.165) is 23.5 Å². The van der Waals surface area contributed by atoms with E-state index in [-0.39, 0.29) is 4.87 Å². The average Bonchev–Trinajstić information content (AvgIpc) is 2.83. The highest BCUT2D eigenvalue weighted by atomic mass is 32.1. The molecule has 1 fully saturated rings. The third kappa shape index (κ3) is 5.01. The number of rotatable bonds is 7. The van der Waals surface area contributed by atoms with Crippen LogP contribution in [0.5, 0.6) is 0 Å². The molecule has 3 unspecified atom stereocenters. The predicted octanol–water partition coefficient (Wildman–Crippen LogP) is 1.48. The van der Waals surface area contributed by atoms with Crippen LogP contribution in [0.15, 0.2) is 10.2 Å². The molecule has 1 aromatic heterocycles. The van der Waals surface area contributed by atoms with Gasteiger partial charge < -0.3 is 20.1 Å². The number of hydrogen-bond acceptors (Lipinski definition) is 5. The van der Waals surface area contributed by atoms with Crippen molar-refractivity contribution in [3.05, 3.63) is 20.7 Å². The Morgan fingerprint density at radius 2 is 2.35 bits per heavy atom. The molecule has 1 aromatic rings. The smallest absolute Gasteiger partial charge is 0.304 e. The lowest BCUT2D eigenvalue weighted by molar-refractivity contribution is -0.0452. The number of thiazole rings is 1. The predicted molar refractivity (Wildman–Crippen MR) is 80.0 cm³/mol. The number of hydrogen-bond donors (Lipinski definition) is 3. The quantitative estimate of drug-likeness (QED) is 0.713. The van der Waals surface area contributed by atoms with Crippen LogP contribution in [0.3, 0.4) is 0 Å². The number of ether oxygens (including phenoxy) is 1. The standard InChI is InChI=1S/C14H24N2O3S/c1-10-4-2-3-5-13(10)19-8-12(17)7-15-6-11-9-20-14(18)16-11/h9-10,12-13,15,17H,2-8H2,1H3,(H,16,18). The molecule has 0 aliphatic heterocycles. The second-order valence-electron chi connectivity index (χ2n) is 5.59. The van der Waals surface area contributed by atoms with E-state index in [1.54, 1.807) is 5.38 Å². The van der Waals surface area contributed by atoms with E-state index in [1.807, 2.05) is 0 Å². The summed E-state index contributed by atoms with van der Waals surface area (Å²) in [7, 11) is 0. The summed E-state index contributed by atoms with van der Waals surface area (Å²) in [4.78, 5) is 13.6. The molecule has 5 nitrogen and oxygen atoms in total. The third-order valence-electron chi connectivity index (χ3n) is 3.80. The van der Waals surface area contributed by atoms with Crippen molar-refractivity contribution < 1.29 is 9.84 Å². The molecule has 3 N–H and O–H groups in total. The Kier molecular flexibility index (Phi) is 6.22. The minimum Gasteiger partial charge on any atom is -0.389 e. The Morgan fingerprint density at radius 1 is 1.55 bits per heavy atom. The fourth-order valence-corrected chi connectivity index (χ4v) is 3.18. The lowest BCUT2D eigenvalue weighted by Crippen LogP contribution is -2.34. The van der Waals surface area contributed by atoms with Gasteiger partial charge in [-0.1, -0.05) is 31.1 Å². The van der Waals surface area contributed by atoms with Crippen LogP contribution in [-0.2, 0) is 11.3 Å². The number of aliphatic hydroxyl groups excluding tert-OH is 1. The molecule has 3 atom stereocenters. The van der Waals surface area contributed by atoms with Gasteiger partial charge in [-0.3, -0.25) is 4.79 Å². The molecule has 20 heavy (non-hydrogen) atoms. The molecule has 6 heteroatoms. The third-order valence-corrected chi connectivity index (χ3v) is 4.52. The van der Waals surface area contributed by atoms with E-state index in [2.05, 4.69) is 17.2 Å². The maximum atomic E-state index is 11.0. The van der Waals surface area contributed by atoms with E-state index in [4.69, 9.17) is 4.74 Å². The highest BCUT2D eigenvalue weighted by Gasteiger charge is 2.22. The fourth-order valence-electron chi connectivity index (χ4n) is 2.60. The van der Waals surface area contributed by atoms with Gasteiger partial charge >= 0.3 is 4.87 Å². The summed E-state index contributed by atoms with van der Waals surface area (Å²) in [5.41, 5.74) is 0.856. The number of nitrogens with one attached hydrogen (secondary N) is 2. The van der Waals surface area contributed by atoms with E-state index in [9.17, 15) is 9.90 Å². The molecule has 1 heterocycles. The molecule has 0 bridgehead atoms. The number of aromatic amines is 1. The highest BCUT2D eigenvalue weighted by molar-refractivity contribution is 7.07. The Labute approximate surface area is 123 Å². The Bertz CT molecular complexity index is 446. The first kappa shape index (κ1) is 15.7. The monoisotopic (exact) mass is 300 g/mol. The zero-order chi connectivity index (χ0) is 14.4. The van der Waals surface area contributed by atoms with Gasteiger partial charge in [0.2, 0.25) is 0 Å². The molecule has 1 aliphatic rings. The van der Waals surface area contributed by atoms with Crippen LogP contribution < -0.4 is 10.2 Å². The number of aromatic nitrogens is 1. The summed E-state index contributed by atoms with van der Waals surface area (Å²) < 4.78 is 5.82. The Morgan fingerprint density at radius 3 is 3.05 bits per heavy atom. The topological polar surface area (TPSA) is 74.3 Å². The molecule has 114 valence electrons. The maximum Gasteiger partial charge on any atom is 0.304 e. The second kappa shape index (κ2) is 7.93. The van der Waals surface area contributed by atoms with Gasteiger partial charge in [0.25, 0.3) is 0 Å². The highest BCUT2D eigenvalue weighted by Crippen LogP contribution is 2.26. The van der Waals surface area contributed by atoms with Crippen molar-refractivity contribution in [3.63, 3.8) is 0 Å². The van der Waals surface area contributed by atoms with Gasteiger partial charge in [-0.15, -0.1) is 0 Å². The first-order chi connectivity index (χ1) is 9.65. The minimum absolute atomic E-state index is 0.0445. The Balaban J connectivity index is 1.60. The van der Waals surface area contributed by atoms with Gasteiger partial charge in [-0.25, -0.2) is 0 Å². The van der Waals surface area contributed by atoms with Crippen molar-refractivity contribution in [1.82, 2.24) is 10.3 Å². The van der Waals surface area contributed by atoms with E-state index < -0.39 is 6.10 Å². The van der Waals surface area contributed by atoms with Crippen molar-refractivity contribution in [3.8, 4) is 0 Å². The molecule has 0 amide bonds. The zero-order valence-corrected chi connectivity index (χ0v) is 12.7. The SMILES string of the molecule is CC1CCCCC1OCC(O)CNCc1csc(=O)[nH]1. The number of aliphatic hydroxyl groups is 1. The van der Waals surface area contributed by atoms with Gasteiger partial charge in [-0.05, 0) is 18.8 Å². The van der Waals surface area contributed by atoms with Crippen LogP contribution in [0.4, 0.5) is 0 Å². The van der Waals surface area contributed by atoms with Gasteiger partial charge in [0.15, 0.2) is 0 Å². The molecule has 0 spiro atoms. The van der Waals surface area contributed by atoms with Crippen LogP contribution >= 0.6 is 11.3 Å². The molecule has 1 saturated carbocycles. The number of H-pyrrole nitrogens is 1. The summed E-state index contributed by atoms with van der Waals surface area (Å²) in [6, 6.07) is 0. The fraction of sp³-hybridized carbons (Fsp3) is 0.786. The molecule has 2 rings (SSSR count). The average molecular weight is 300 g/mol. The molecular formula is C14H24N2O3S. The van der Waals surface area contributed by atoms with Crippen LogP contribution in [0.1, 0.15) is 38.3 Å². The first-order valence-electron chi connectivity index (χ1n) is 7.32. The molecule has 0 saturated heterocycles. The zero-order valence-electron chi connectivity index (χ0n) is 11.9. The second-order valence-corrected chi connectivity index (χ2v) is 6.43. The van der Waals surface area contributed by atoms with Crippen molar-refractivity contribution >= 4 is 11.3 Å². The summed E-state index contributed by atoms with van der Waals surface area (Å²) in [6.07, 6.45) is 4.65.